The Balaban J connectivity index is 2.60. The predicted octanol–water partition coefficient (Wildman–Crippen LogP) is -0.294. The molecule has 1 aromatic rings. The van der Waals surface area contributed by atoms with Crippen molar-refractivity contribution in [2.75, 3.05) is 14.1 Å². The summed E-state index contributed by atoms with van der Waals surface area (Å²) < 4.78 is 0. The monoisotopic (exact) mass is 208 g/mol. The van der Waals surface area contributed by atoms with Crippen LogP contribution in [0.5, 0.6) is 0 Å². The molecule has 0 aliphatic rings. The zero-order valence-corrected chi connectivity index (χ0v) is 8.94. The maximum Gasteiger partial charge on any atom is 0.198 e. The van der Waals surface area contributed by atoms with E-state index in [0.717, 1.165) is 5.56 Å². The van der Waals surface area contributed by atoms with Crippen molar-refractivity contribution in [3.63, 3.8) is 0 Å². The molecule has 15 heavy (non-hydrogen) atoms. The average molecular weight is 208 g/mol. The van der Waals surface area contributed by atoms with Crippen molar-refractivity contribution in [1.29, 1.82) is 0 Å². The van der Waals surface area contributed by atoms with Crippen molar-refractivity contribution in [2.45, 2.75) is 6.54 Å². The standard InChI is InChI=1S/C9H16N6/c1-12-8(10)15(2)9(11)14-6-7-3-4-13-5-7/h3-5,13H,6H2,1-2H3,(H2,10,12)(H2,11,14). The van der Waals surface area contributed by atoms with Crippen LogP contribution in [0.1, 0.15) is 5.56 Å². The second-order valence-electron chi connectivity index (χ2n) is 3.03. The van der Waals surface area contributed by atoms with E-state index in [4.69, 9.17) is 11.5 Å². The number of hydrogen-bond acceptors (Lipinski definition) is 2. The van der Waals surface area contributed by atoms with Crippen LogP contribution in [0.3, 0.4) is 0 Å². The fraction of sp³-hybridized carbons (Fsp3) is 0.333. The molecule has 0 bridgehead atoms. The van der Waals surface area contributed by atoms with Crippen LogP contribution in [-0.2, 0) is 6.54 Å². The highest BCUT2D eigenvalue weighted by molar-refractivity contribution is 5.96. The zero-order chi connectivity index (χ0) is 11.3. The molecule has 0 aromatic carbocycles. The van der Waals surface area contributed by atoms with Crippen molar-refractivity contribution in [1.82, 2.24) is 9.88 Å². The minimum Gasteiger partial charge on any atom is -0.369 e. The van der Waals surface area contributed by atoms with E-state index < -0.39 is 0 Å². The van der Waals surface area contributed by atoms with E-state index in [1.54, 1.807) is 14.1 Å². The smallest absolute Gasteiger partial charge is 0.198 e. The second kappa shape index (κ2) is 5.04. The molecule has 5 N–H and O–H groups in total. The molecule has 0 saturated heterocycles. The van der Waals surface area contributed by atoms with Gasteiger partial charge in [-0.15, -0.1) is 0 Å². The molecule has 82 valence electrons. The Hall–Kier alpha value is -1.98. The first kappa shape index (κ1) is 11.1. The van der Waals surface area contributed by atoms with E-state index >= 15 is 0 Å². The topological polar surface area (TPSA) is 95.8 Å². The average Bonchev–Trinajstić information content (AvgIpc) is 2.76. The van der Waals surface area contributed by atoms with E-state index in [1.165, 1.54) is 4.90 Å². The summed E-state index contributed by atoms with van der Waals surface area (Å²) in [7, 11) is 3.32. The lowest BCUT2D eigenvalue weighted by atomic mass is 10.3. The first-order valence-electron chi connectivity index (χ1n) is 4.52. The number of nitrogens with two attached hydrogens (primary N) is 2. The second-order valence-corrected chi connectivity index (χ2v) is 3.03. The van der Waals surface area contributed by atoms with Gasteiger partial charge in [0, 0.05) is 26.5 Å². The van der Waals surface area contributed by atoms with Gasteiger partial charge in [0.1, 0.15) is 0 Å². The molecule has 0 atom stereocenters. The summed E-state index contributed by atoms with van der Waals surface area (Å²) in [6.07, 6.45) is 3.71. The highest BCUT2D eigenvalue weighted by Gasteiger charge is 2.04. The van der Waals surface area contributed by atoms with Crippen LogP contribution in [0.15, 0.2) is 28.4 Å². The summed E-state index contributed by atoms with van der Waals surface area (Å²) in [5.41, 5.74) is 12.4. The predicted molar refractivity (Wildman–Crippen MR) is 61.4 cm³/mol. The van der Waals surface area contributed by atoms with Crippen molar-refractivity contribution < 1.29 is 0 Å². The van der Waals surface area contributed by atoms with Crippen molar-refractivity contribution in [2.24, 2.45) is 21.5 Å². The summed E-state index contributed by atoms with van der Waals surface area (Å²) in [5, 5.41) is 0. The van der Waals surface area contributed by atoms with Crippen molar-refractivity contribution in [3.8, 4) is 0 Å². The van der Waals surface area contributed by atoms with Gasteiger partial charge in [-0.05, 0) is 11.6 Å². The third-order valence-corrected chi connectivity index (χ3v) is 2.00. The Bertz CT molecular complexity index is 351. The molecular weight excluding hydrogens is 192 g/mol. The molecule has 1 heterocycles. The normalized spacial score (nSPS) is 12.9. The van der Waals surface area contributed by atoms with Gasteiger partial charge in [0.05, 0.1) is 6.54 Å². The molecule has 0 radical (unpaired) electrons. The van der Waals surface area contributed by atoms with E-state index in [-0.39, 0.29) is 0 Å². The molecule has 0 spiro atoms. The quantitative estimate of drug-likeness (QED) is 0.460. The molecule has 0 aliphatic heterocycles. The van der Waals surface area contributed by atoms with Crippen LogP contribution in [0, 0.1) is 0 Å². The summed E-state index contributed by atoms with van der Waals surface area (Å²) in [6.45, 7) is 0.524. The summed E-state index contributed by atoms with van der Waals surface area (Å²) in [5.74, 6) is 0.685. The van der Waals surface area contributed by atoms with E-state index in [1.807, 2.05) is 18.5 Å². The first-order chi connectivity index (χ1) is 7.15. The number of H-pyrrole nitrogens is 1. The zero-order valence-electron chi connectivity index (χ0n) is 8.94. The highest BCUT2D eigenvalue weighted by atomic mass is 15.3. The lowest BCUT2D eigenvalue weighted by Gasteiger charge is -2.15. The van der Waals surface area contributed by atoms with Gasteiger partial charge in [-0.2, -0.15) is 0 Å². The fourth-order valence-corrected chi connectivity index (χ4v) is 1.00. The maximum atomic E-state index is 5.72. The number of aromatic nitrogens is 1. The molecule has 0 amide bonds. The van der Waals surface area contributed by atoms with E-state index in [2.05, 4.69) is 15.0 Å². The Morgan fingerprint density at radius 2 is 2.20 bits per heavy atom. The van der Waals surface area contributed by atoms with Crippen LogP contribution < -0.4 is 11.5 Å². The molecule has 6 heteroatoms. The highest BCUT2D eigenvalue weighted by Crippen LogP contribution is 1.98. The van der Waals surface area contributed by atoms with E-state index in [9.17, 15) is 0 Å². The van der Waals surface area contributed by atoms with Gasteiger partial charge < -0.3 is 16.5 Å². The Labute approximate surface area is 88.7 Å². The lowest BCUT2D eigenvalue weighted by molar-refractivity contribution is 0.718. The van der Waals surface area contributed by atoms with Gasteiger partial charge >= 0.3 is 0 Å². The van der Waals surface area contributed by atoms with E-state index in [0.29, 0.717) is 18.5 Å². The number of rotatable bonds is 2. The molecular formula is C9H16N6. The third-order valence-electron chi connectivity index (χ3n) is 2.00. The number of aliphatic imine (C=N–C) groups is 2. The number of aromatic amines is 1. The van der Waals surface area contributed by atoms with Gasteiger partial charge in [-0.3, -0.25) is 9.89 Å². The molecule has 0 aliphatic carbocycles. The molecule has 6 nitrogen and oxygen atoms in total. The van der Waals surface area contributed by atoms with Gasteiger partial charge in [-0.1, -0.05) is 0 Å². The molecule has 1 rings (SSSR count). The van der Waals surface area contributed by atoms with Crippen LogP contribution in [0.2, 0.25) is 0 Å². The van der Waals surface area contributed by atoms with Gasteiger partial charge in [0.25, 0.3) is 0 Å². The fourth-order valence-electron chi connectivity index (χ4n) is 1.00. The van der Waals surface area contributed by atoms with Gasteiger partial charge in [0.15, 0.2) is 11.9 Å². The molecule has 1 aromatic heterocycles. The Morgan fingerprint density at radius 3 is 2.73 bits per heavy atom. The molecule has 0 fully saturated rings. The van der Waals surface area contributed by atoms with Crippen LogP contribution in [0.25, 0.3) is 0 Å². The van der Waals surface area contributed by atoms with Gasteiger partial charge in [-0.25, -0.2) is 4.99 Å². The van der Waals surface area contributed by atoms with Crippen LogP contribution in [-0.4, -0.2) is 35.9 Å². The number of hydrogen-bond donors (Lipinski definition) is 3. The maximum absolute atomic E-state index is 5.72. The number of guanidine groups is 2. The van der Waals surface area contributed by atoms with Crippen LogP contribution in [0.4, 0.5) is 0 Å². The Morgan fingerprint density at radius 1 is 1.47 bits per heavy atom. The van der Waals surface area contributed by atoms with Crippen LogP contribution >= 0.6 is 0 Å². The largest absolute Gasteiger partial charge is 0.369 e. The van der Waals surface area contributed by atoms with Gasteiger partial charge in [0.2, 0.25) is 0 Å². The van der Waals surface area contributed by atoms with Crippen molar-refractivity contribution >= 4 is 11.9 Å². The summed E-state index contributed by atoms with van der Waals surface area (Å²) in [6, 6.07) is 1.94. The number of nitrogens with zero attached hydrogens (tertiary/aromatic N) is 3. The lowest BCUT2D eigenvalue weighted by Crippen LogP contribution is -2.43. The molecule has 0 unspecified atom stereocenters. The minimum atomic E-state index is 0.338. The Kier molecular flexibility index (Phi) is 3.73. The summed E-state index contributed by atoms with van der Waals surface area (Å²) in [4.78, 5) is 12.5. The third kappa shape index (κ3) is 3.01. The number of nitrogens with one attached hydrogen (secondary N) is 1. The molecule has 0 saturated carbocycles. The minimum absolute atomic E-state index is 0.338. The summed E-state index contributed by atoms with van der Waals surface area (Å²) >= 11 is 0. The first-order valence-corrected chi connectivity index (χ1v) is 4.52. The SMILES string of the molecule is CN=C(N)N(C)C(N)=NCc1cc[nH]c1. The van der Waals surface area contributed by atoms with Crippen molar-refractivity contribution in [3.05, 3.63) is 24.0 Å².